The van der Waals surface area contributed by atoms with Crippen molar-refractivity contribution < 1.29 is 27.8 Å². The smallest absolute Gasteiger partial charge is 0.306 e. The molecule has 5 atom stereocenters. The Kier molecular flexibility index (Phi) is 10.4. The minimum atomic E-state index is -3.03. The van der Waals surface area contributed by atoms with E-state index in [9.17, 15) is 9.90 Å². The highest BCUT2D eigenvalue weighted by atomic mass is 28.4. The molecule has 1 aliphatic heterocycles. The Balaban J connectivity index is 2.27. The second-order valence-electron chi connectivity index (χ2n) is 11.9. The van der Waals surface area contributed by atoms with Gasteiger partial charge in [-0.2, -0.15) is 0 Å². The first-order chi connectivity index (χ1) is 15.3. The molecule has 7 heteroatoms. The van der Waals surface area contributed by atoms with E-state index in [2.05, 4.69) is 33.9 Å². The van der Waals surface area contributed by atoms with Gasteiger partial charge in [0.1, 0.15) is 0 Å². The van der Waals surface area contributed by atoms with Gasteiger partial charge in [0.05, 0.1) is 12.2 Å². The number of fused-ring (bicyclic) bond motifs is 1. The van der Waals surface area contributed by atoms with Gasteiger partial charge in [-0.3, -0.25) is 4.79 Å². The highest BCUT2D eigenvalue weighted by Crippen LogP contribution is 2.46. The molecule has 4 nitrogen and oxygen atoms in total. The van der Waals surface area contributed by atoms with Gasteiger partial charge in [0.15, 0.2) is 14.4 Å². The first-order valence-corrected chi connectivity index (χ1v) is 16.1. The van der Waals surface area contributed by atoms with Crippen LogP contribution < -0.4 is 0 Å². The molecule has 2 aliphatic rings. The molecule has 1 unspecified atom stereocenters. The van der Waals surface area contributed by atoms with Crippen LogP contribution in [-0.2, 0) is 14.0 Å². The van der Waals surface area contributed by atoms with Crippen molar-refractivity contribution in [2.75, 3.05) is 0 Å². The fourth-order valence-electron chi connectivity index (χ4n) is 5.14. The highest BCUT2D eigenvalue weighted by Gasteiger charge is 2.49. The molecule has 0 aromatic carbocycles. The van der Waals surface area contributed by atoms with Gasteiger partial charge >= 0.3 is 5.97 Å². The molecule has 1 saturated carbocycles. The number of esters is 1. The quantitative estimate of drug-likeness (QED) is 0.315. The van der Waals surface area contributed by atoms with Crippen molar-refractivity contribution >= 4 is 14.3 Å². The number of carbonyl (C=O) groups excluding carboxylic acids is 1. The van der Waals surface area contributed by atoms with Crippen LogP contribution in [0.15, 0.2) is 0 Å². The summed E-state index contributed by atoms with van der Waals surface area (Å²) in [4.78, 5) is 12.3. The maximum absolute atomic E-state index is 15.1. The van der Waals surface area contributed by atoms with Gasteiger partial charge in [0.25, 0.3) is 5.92 Å². The van der Waals surface area contributed by atoms with E-state index in [1.807, 2.05) is 6.92 Å². The van der Waals surface area contributed by atoms with E-state index in [1.54, 1.807) is 0 Å². The van der Waals surface area contributed by atoms with Crippen LogP contribution in [0.1, 0.15) is 105 Å². The van der Waals surface area contributed by atoms with Crippen molar-refractivity contribution in [3.8, 4) is 0 Å². The third kappa shape index (κ3) is 7.99. The number of rotatable bonds is 6. The Morgan fingerprint density at radius 1 is 1.06 bits per heavy atom. The van der Waals surface area contributed by atoms with Gasteiger partial charge in [-0.15, -0.1) is 0 Å². The van der Waals surface area contributed by atoms with Crippen LogP contribution in [0.4, 0.5) is 8.78 Å². The monoisotopic (exact) mass is 490 g/mol. The van der Waals surface area contributed by atoms with Crippen LogP contribution in [0.2, 0.25) is 18.1 Å². The number of halogens is 2. The zero-order valence-corrected chi connectivity index (χ0v) is 22.8. The summed E-state index contributed by atoms with van der Waals surface area (Å²) in [5.41, 5.74) is 0. The molecule has 1 saturated heterocycles. The number of aliphatic hydroxyl groups is 1. The maximum atomic E-state index is 15.1. The molecule has 1 N–H and O–H groups in total. The highest BCUT2D eigenvalue weighted by molar-refractivity contribution is 6.74. The first kappa shape index (κ1) is 28.7. The van der Waals surface area contributed by atoms with Crippen LogP contribution in [0, 0.1) is 11.8 Å². The number of hydrogen-bond acceptors (Lipinski definition) is 4. The fourth-order valence-corrected chi connectivity index (χ4v) is 6.52. The topological polar surface area (TPSA) is 55.8 Å². The van der Waals surface area contributed by atoms with Crippen molar-refractivity contribution in [3.05, 3.63) is 0 Å². The molecule has 33 heavy (non-hydrogen) atoms. The summed E-state index contributed by atoms with van der Waals surface area (Å²) in [5.74, 6) is -3.47. The van der Waals surface area contributed by atoms with Crippen LogP contribution >= 0.6 is 0 Å². The van der Waals surface area contributed by atoms with Crippen LogP contribution in [0.3, 0.4) is 0 Å². The Bertz CT molecular complexity index is 620. The average Bonchev–Trinajstić information content (AvgIpc) is 2.98. The number of aliphatic hydroxyl groups excluding tert-OH is 1. The first-order valence-electron chi connectivity index (χ1n) is 13.2. The molecule has 0 radical (unpaired) electrons. The lowest BCUT2D eigenvalue weighted by Gasteiger charge is -2.40. The lowest BCUT2D eigenvalue weighted by atomic mass is 9.84. The molecule has 194 valence electrons. The maximum Gasteiger partial charge on any atom is 0.306 e. The van der Waals surface area contributed by atoms with Crippen LogP contribution in [0.5, 0.6) is 0 Å². The van der Waals surface area contributed by atoms with Crippen molar-refractivity contribution in [2.24, 2.45) is 11.8 Å². The Hall–Kier alpha value is -0.533. The summed E-state index contributed by atoms with van der Waals surface area (Å²) in [6.45, 7) is 12.9. The van der Waals surface area contributed by atoms with Crippen molar-refractivity contribution in [3.63, 3.8) is 0 Å². The van der Waals surface area contributed by atoms with E-state index in [4.69, 9.17) is 9.16 Å². The number of cyclic esters (lactones) is 1. The van der Waals surface area contributed by atoms with E-state index in [-0.39, 0.29) is 42.2 Å². The summed E-state index contributed by atoms with van der Waals surface area (Å²) in [7, 11) is -2.08. The Morgan fingerprint density at radius 2 is 1.73 bits per heavy atom. The Labute approximate surface area is 201 Å². The predicted molar refractivity (Wildman–Crippen MR) is 131 cm³/mol. The minimum absolute atomic E-state index is 0.0121. The molecule has 0 spiro atoms. The fraction of sp³-hybridized carbons (Fsp3) is 0.962. The third-order valence-corrected chi connectivity index (χ3v) is 12.8. The van der Waals surface area contributed by atoms with Crippen molar-refractivity contribution in [2.45, 2.75) is 147 Å². The third-order valence-electron chi connectivity index (χ3n) is 8.29. The molecular formula is C26H48F2O4Si. The summed E-state index contributed by atoms with van der Waals surface area (Å²) in [6, 6.07) is 0. The zero-order valence-electron chi connectivity index (χ0n) is 21.8. The zero-order chi connectivity index (χ0) is 24.9. The van der Waals surface area contributed by atoms with E-state index >= 15 is 8.78 Å². The van der Waals surface area contributed by atoms with Gasteiger partial charge in [0.2, 0.25) is 0 Å². The molecule has 2 rings (SSSR count). The lowest BCUT2D eigenvalue weighted by molar-refractivity contribution is -0.177. The molecule has 2 fully saturated rings. The van der Waals surface area contributed by atoms with E-state index in [1.165, 1.54) is 0 Å². The van der Waals surface area contributed by atoms with E-state index in [0.717, 1.165) is 25.7 Å². The number of ether oxygens (including phenoxy) is 1. The van der Waals surface area contributed by atoms with Gasteiger partial charge in [-0.1, -0.05) is 53.4 Å². The molecule has 0 bridgehead atoms. The second kappa shape index (κ2) is 11.9. The number of unbranched alkanes of at least 4 members (excludes halogenated alkanes) is 1. The summed E-state index contributed by atoms with van der Waals surface area (Å²) >= 11 is 0. The number of alkyl halides is 2. The number of hydrogen-bond donors (Lipinski definition) is 1. The SMILES string of the molecule is CCCCC(F)(F)C1CC[C@@H]2[C@@H](CCCCCCC(=O)O1)[C@@H](O)C[C@H]2O[Si](C)(C)C(C)(C)C. The molecule has 0 aromatic heterocycles. The molecule has 1 heterocycles. The standard InChI is InChI=1S/C26H48F2O4Si/c1-7-8-17-26(27,28)23-16-15-20-19(13-11-9-10-12-14-24(30)31-23)21(29)18-22(20)32-33(5,6)25(2,3)4/h19-23,29H,7-18H2,1-6H3/t19-,20-,21+,22-,23?/m1/s1. The van der Waals surface area contributed by atoms with Gasteiger partial charge < -0.3 is 14.3 Å². The van der Waals surface area contributed by atoms with E-state index in [0.29, 0.717) is 32.1 Å². The predicted octanol–water partition coefficient (Wildman–Crippen LogP) is 7.25. The summed E-state index contributed by atoms with van der Waals surface area (Å²) < 4.78 is 42.3. The largest absolute Gasteiger partial charge is 0.456 e. The minimum Gasteiger partial charge on any atom is -0.456 e. The molecule has 0 amide bonds. The number of carbonyl (C=O) groups is 1. The normalized spacial score (nSPS) is 31.2. The summed E-state index contributed by atoms with van der Waals surface area (Å²) in [6.07, 6.45) is 4.60. The average molecular weight is 491 g/mol. The molecule has 1 aliphatic carbocycles. The lowest BCUT2D eigenvalue weighted by Crippen LogP contribution is -2.45. The summed E-state index contributed by atoms with van der Waals surface area (Å²) in [5, 5.41) is 11.0. The molecule has 0 aromatic rings. The van der Waals surface area contributed by atoms with Crippen molar-refractivity contribution in [1.82, 2.24) is 0 Å². The Morgan fingerprint density at radius 3 is 2.36 bits per heavy atom. The second-order valence-corrected chi connectivity index (χ2v) is 16.7. The van der Waals surface area contributed by atoms with Crippen LogP contribution in [-0.4, -0.2) is 43.6 Å². The van der Waals surface area contributed by atoms with Crippen LogP contribution in [0.25, 0.3) is 0 Å². The molecular weight excluding hydrogens is 442 g/mol. The van der Waals surface area contributed by atoms with Gasteiger partial charge in [-0.05, 0) is 68.5 Å². The van der Waals surface area contributed by atoms with Gasteiger partial charge in [0, 0.05) is 12.8 Å². The van der Waals surface area contributed by atoms with Crippen molar-refractivity contribution in [1.29, 1.82) is 0 Å². The van der Waals surface area contributed by atoms with Gasteiger partial charge in [-0.25, -0.2) is 8.78 Å². The van der Waals surface area contributed by atoms with E-state index < -0.39 is 32.4 Å².